The van der Waals surface area contributed by atoms with Gasteiger partial charge in [0.25, 0.3) is 10.9 Å². The molecule has 5 rings (SSSR count). The van der Waals surface area contributed by atoms with Gasteiger partial charge in [0.1, 0.15) is 11.7 Å². The van der Waals surface area contributed by atoms with Crippen LogP contribution in [0.5, 0.6) is 0 Å². The molecule has 0 atom stereocenters. The molecule has 0 N–H and O–H groups in total. The first kappa shape index (κ1) is 27.6. The monoisotopic (exact) mass is 549 g/mol. The lowest BCUT2D eigenvalue weighted by Crippen LogP contribution is -2.29. The molecule has 1 amide bonds. The molecular formula is C34H37N4OS+. The first-order valence-electron chi connectivity index (χ1n) is 13.6. The van der Waals surface area contributed by atoms with Gasteiger partial charge in [-0.3, -0.25) is 4.79 Å². The Bertz CT molecular complexity index is 1610. The van der Waals surface area contributed by atoms with Gasteiger partial charge in [0.2, 0.25) is 5.52 Å². The summed E-state index contributed by atoms with van der Waals surface area (Å²) in [4.78, 5) is 19.2. The maximum absolute atomic E-state index is 13.1. The van der Waals surface area contributed by atoms with Gasteiger partial charge < -0.3 is 14.7 Å². The summed E-state index contributed by atoms with van der Waals surface area (Å²) in [6, 6.07) is 25.0. The highest BCUT2D eigenvalue weighted by Gasteiger charge is 2.18. The number of aromatic nitrogens is 1. The van der Waals surface area contributed by atoms with Crippen LogP contribution in [0.25, 0.3) is 27.4 Å². The molecule has 0 radical (unpaired) electrons. The molecular weight excluding hydrogens is 512 g/mol. The number of hydrogen-bond acceptors (Lipinski definition) is 4. The normalized spacial score (nSPS) is 14.3. The number of fused-ring (bicyclic) bond motifs is 2. The maximum atomic E-state index is 13.1. The van der Waals surface area contributed by atoms with Crippen molar-refractivity contribution in [2.75, 3.05) is 46.2 Å². The van der Waals surface area contributed by atoms with Crippen molar-refractivity contribution in [1.82, 2.24) is 9.80 Å². The summed E-state index contributed by atoms with van der Waals surface area (Å²) < 4.78 is 3.50. The lowest BCUT2D eigenvalue weighted by atomic mass is 9.95. The largest absolute Gasteiger partial charge is 0.351 e. The number of rotatable bonds is 8. The van der Waals surface area contributed by atoms with Crippen LogP contribution in [-0.2, 0) is 7.05 Å². The lowest BCUT2D eigenvalue weighted by Gasteiger charge is -2.24. The summed E-state index contributed by atoms with van der Waals surface area (Å²) in [7, 11) is 10.2. The fraction of sp³-hybridized carbons (Fsp3) is 0.235. The van der Waals surface area contributed by atoms with E-state index in [1.807, 2.05) is 24.1 Å². The summed E-state index contributed by atoms with van der Waals surface area (Å²) in [5, 5.41) is 1.17. The number of carbonyl (C=O) groups excluding carboxylic acids is 1. The fourth-order valence-electron chi connectivity index (χ4n) is 5.02. The third-order valence-corrected chi connectivity index (χ3v) is 8.51. The second-order valence-corrected chi connectivity index (χ2v) is 11.6. The van der Waals surface area contributed by atoms with E-state index >= 15 is 0 Å². The molecule has 204 valence electrons. The second-order valence-electron chi connectivity index (χ2n) is 10.6. The highest BCUT2D eigenvalue weighted by Crippen LogP contribution is 2.35. The van der Waals surface area contributed by atoms with Gasteiger partial charge in [0.05, 0.1) is 0 Å². The van der Waals surface area contributed by atoms with Gasteiger partial charge >= 0.3 is 0 Å². The third-order valence-electron chi connectivity index (χ3n) is 7.35. The van der Waals surface area contributed by atoms with E-state index in [9.17, 15) is 4.79 Å². The van der Waals surface area contributed by atoms with Gasteiger partial charge in [-0.15, -0.1) is 0 Å². The lowest BCUT2D eigenvalue weighted by molar-refractivity contribution is -0.642. The number of aryl methyl sites for hydroxylation is 1. The Balaban J connectivity index is 1.53. The Morgan fingerprint density at radius 3 is 2.38 bits per heavy atom. The Morgan fingerprint density at radius 2 is 1.62 bits per heavy atom. The quantitative estimate of drug-likeness (QED) is 0.241. The minimum atomic E-state index is 0.0530. The van der Waals surface area contributed by atoms with Crippen molar-refractivity contribution in [2.24, 2.45) is 7.05 Å². The molecule has 0 aliphatic carbocycles. The zero-order chi connectivity index (χ0) is 28.2. The van der Waals surface area contributed by atoms with E-state index in [0.29, 0.717) is 5.56 Å². The second kappa shape index (κ2) is 12.0. The van der Waals surface area contributed by atoms with Crippen LogP contribution in [0.1, 0.15) is 32.9 Å². The van der Waals surface area contributed by atoms with Crippen LogP contribution in [-0.4, -0.2) is 57.0 Å². The number of nitrogens with zero attached hydrogens (tertiary/aromatic N) is 4. The van der Waals surface area contributed by atoms with Crippen molar-refractivity contribution in [3.63, 3.8) is 0 Å². The summed E-state index contributed by atoms with van der Waals surface area (Å²) in [6.45, 7) is 1.69. The maximum Gasteiger partial charge on any atom is 0.263 e. The highest BCUT2D eigenvalue weighted by molar-refractivity contribution is 7.18. The first-order chi connectivity index (χ1) is 19.3. The number of thiazole rings is 1. The molecule has 1 aromatic heterocycles. The van der Waals surface area contributed by atoms with Gasteiger partial charge in [-0.05, 0) is 80.2 Å². The predicted octanol–water partition coefficient (Wildman–Crippen LogP) is 6.34. The van der Waals surface area contributed by atoms with E-state index in [2.05, 4.69) is 128 Å². The van der Waals surface area contributed by atoms with Crippen molar-refractivity contribution in [2.45, 2.75) is 6.42 Å². The summed E-state index contributed by atoms with van der Waals surface area (Å²) in [5.74, 6) is 0.0530. The summed E-state index contributed by atoms with van der Waals surface area (Å²) in [5.41, 5.74) is 7.63. The molecule has 2 heterocycles. The highest BCUT2D eigenvalue weighted by atomic mass is 32.1. The molecule has 1 aliphatic heterocycles. The average Bonchev–Trinajstić information content (AvgIpc) is 3.28. The van der Waals surface area contributed by atoms with Crippen molar-refractivity contribution >= 4 is 50.4 Å². The fourth-order valence-corrected chi connectivity index (χ4v) is 6.12. The van der Waals surface area contributed by atoms with Crippen LogP contribution in [0, 0.1) is 0 Å². The Labute approximate surface area is 241 Å². The van der Waals surface area contributed by atoms with Gasteiger partial charge in [-0.25, -0.2) is 0 Å². The molecule has 1 aliphatic rings. The van der Waals surface area contributed by atoms with E-state index in [0.717, 1.165) is 36.2 Å². The number of allylic oxidation sites excluding steroid dienone is 4. The van der Waals surface area contributed by atoms with E-state index in [-0.39, 0.29) is 5.91 Å². The molecule has 4 aromatic rings. The van der Waals surface area contributed by atoms with Crippen LogP contribution in [0.2, 0.25) is 0 Å². The van der Waals surface area contributed by atoms with Crippen molar-refractivity contribution < 1.29 is 9.36 Å². The molecule has 6 heteroatoms. The Morgan fingerprint density at radius 1 is 0.925 bits per heavy atom. The Kier molecular flexibility index (Phi) is 8.29. The van der Waals surface area contributed by atoms with Crippen molar-refractivity contribution in [1.29, 1.82) is 0 Å². The number of amides is 1. The van der Waals surface area contributed by atoms with E-state index < -0.39 is 0 Å². The minimum Gasteiger partial charge on any atom is -0.351 e. The molecule has 0 bridgehead atoms. The van der Waals surface area contributed by atoms with Crippen LogP contribution in [0.3, 0.4) is 0 Å². The van der Waals surface area contributed by atoms with Crippen LogP contribution in [0.15, 0.2) is 91.1 Å². The molecule has 5 nitrogen and oxygen atoms in total. The smallest absolute Gasteiger partial charge is 0.263 e. The molecule has 0 saturated carbocycles. The molecule has 0 unspecified atom stereocenters. The third kappa shape index (κ3) is 5.93. The first-order valence-corrected chi connectivity index (χ1v) is 14.5. The minimum absolute atomic E-state index is 0.0530. The zero-order valence-corrected chi connectivity index (χ0v) is 24.8. The predicted molar refractivity (Wildman–Crippen MR) is 169 cm³/mol. The number of para-hydroxylation sites is 2. The van der Waals surface area contributed by atoms with Crippen LogP contribution in [0.4, 0.5) is 5.69 Å². The molecule has 3 aromatic carbocycles. The van der Waals surface area contributed by atoms with E-state index in [1.165, 1.54) is 26.5 Å². The van der Waals surface area contributed by atoms with E-state index in [1.54, 1.807) is 11.3 Å². The summed E-state index contributed by atoms with van der Waals surface area (Å²) >= 11 is 1.78. The summed E-state index contributed by atoms with van der Waals surface area (Å²) in [6.07, 6.45) is 9.75. The van der Waals surface area contributed by atoms with Crippen LogP contribution < -0.4 is 9.47 Å². The molecule has 0 spiro atoms. The standard InChI is InChI=1S/C34H37N4OS/c1-35(2)20-10-21-37(4)34(39)26-17-15-25(16-18-26)28(24-33-38(5)31-13-8-9-14-32(31)40-33)23-27-19-22-36(3)30-12-7-6-11-29(27)30/h6-9,11-19,22-24H,10,20-21H2,1-5H3/q+1. The topological polar surface area (TPSA) is 30.7 Å². The number of benzene rings is 3. The zero-order valence-electron chi connectivity index (χ0n) is 24.0. The molecule has 0 fully saturated rings. The van der Waals surface area contributed by atoms with E-state index in [4.69, 9.17) is 0 Å². The molecule has 0 saturated heterocycles. The van der Waals surface area contributed by atoms with Gasteiger partial charge in [-0.2, -0.15) is 4.57 Å². The number of hydrogen-bond donors (Lipinski definition) is 0. The van der Waals surface area contributed by atoms with Gasteiger partial charge in [0.15, 0.2) is 0 Å². The van der Waals surface area contributed by atoms with Crippen molar-refractivity contribution in [3.05, 3.63) is 113 Å². The number of anilines is 1. The molecule has 40 heavy (non-hydrogen) atoms. The van der Waals surface area contributed by atoms with Crippen molar-refractivity contribution in [3.8, 4) is 0 Å². The number of carbonyl (C=O) groups is 1. The van der Waals surface area contributed by atoms with Gasteiger partial charge in [-0.1, -0.05) is 53.8 Å². The average molecular weight is 550 g/mol. The van der Waals surface area contributed by atoms with Gasteiger partial charge in [0, 0.05) is 55.8 Å². The SMILES string of the molecule is CN(C)CCCN(C)C(=O)c1ccc(C(=C\c2sc3ccccc3[n+]2C)/C=C2\C=CN(C)c3ccccc32)cc1. The van der Waals surface area contributed by atoms with Crippen LogP contribution >= 0.6 is 11.3 Å². The Hall–Kier alpha value is -4.00.